The first kappa shape index (κ1) is 28.4. The quantitative estimate of drug-likeness (QED) is 0.260. The van der Waals surface area contributed by atoms with Gasteiger partial charge >= 0.3 is 5.97 Å². The van der Waals surface area contributed by atoms with E-state index in [-0.39, 0.29) is 11.4 Å². The lowest BCUT2D eigenvalue weighted by Gasteiger charge is -2.36. The molecule has 5 rings (SSSR count). The number of aromatic nitrogens is 2. The lowest BCUT2D eigenvalue weighted by atomic mass is 10.2. The number of thioether (sulfide) groups is 1. The van der Waals surface area contributed by atoms with Crippen molar-refractivity contribution in [3.63, 3.8) is 0 Å². The van der Waals surface area contributed by atoms with Gasteiger partial charge in [-0.1, -0.05) is 60.1 Å². The predicted octanol–water partition coefficient (Wildman–Crippen LogP) is 5.24. The third-order valence-corrected chi connectivity index (χ3v) is 8.13. The Balaban J connectivity index is 1.34. The summed E-state index contributed by atoms with van der Waals surface area (Å²) in [6.07, 6.45) is 0. The number of hydrogen-bond donors (Lipinski definition) is 2. The van der Waals surface area contributed by atoms with Gasteiger partial charge in [0.05, 0.1) is 0 Å². The monoisotopic (exact) mass is 587 g/mol. The molecule has 0 bridgehead atoms. The van der Waals surface area contributed by atoms with Crippen molar-refractivity contribution in [2.75, 3.05) is 41.7 Å². The van der Waals surface area contributed by atoms with Crippen molar-refractivity contribution in [1.82, 2.24) is 15.3 Å². The van der Waals surface area contributed by atoms with Crippen LogP contribution in [0.1, 0.15) is 16.1 Å². The van der Waals surface area contributed by atoms with Gasteiger partial charge in [-0.25, -0.2) is 14.8 Å². The Kier molecular flexibility index (Phi) is 9.38. The molecule has 0 spiro atoms. The number of carboxylic acids is 1. The molecule has 1 saturated heterocycles. The number of benzene rings is 3. The molecule has 0 unspecified atom stereocenters. The summed E-state index contributed by atoms with van der Waals surface area (Å²) in [7, 11) is 0. The smallest absolute Gasteiger partial charge is 0.327 e. The molecule has 1 amide bonds. The zero-order chi connectivity index (χ0) is 28.6. The van der Waals surface area contributed by atoms with Gasteiger partial charge in [0.2, 0.25) is 0 Å². The molecule has 41 heavy (non-hydrogen) atoms. The van der Waals surface area contributed by atoms with Gasteiger partial charge < -0.3 is 20.2 Å². The minimum absolute atomic E-state index is 0.116. The molecule has 1 fully saturated rings. The van der Waals surface area contributed by atoms with Crippen molar-refractivity contribution in [3.8, 4) is 11.4 Å². The van der Waals surface area contributed by atoms with Crippen molar-refractivity contribution >= 4 is 46.7 Å². The topological polar surface area (TPSA) is 98.7 Å². The molecular weight excluding hydrogens is 558 g/mol. The number of rotatable bonds is 10. The first-order valence-electron chi connectivity index (χ1n) is 13.3. The van der Waals surface area contributed by atoms with E-state index in [4.69, 9.17) is 16.6 Å². The molecule has 4 aromatic rings. The first-order valence-corrected chi connectivity index (χ1v) is 14.8. The van der Waals surface area contributed by atoms with E-state index >= 15 is 0 Å². The number of nitrogens with zero attached hydrogens (tertiary/aromatic N) is 4. The zero-order valence-corrected chi connectivity index (χ0v) is 23.9. The summed E-state index contributed by atoms with van der Waals surface area (Å²) in [4.78, 5) is 39.1. The standard InChI is InChI=1S/C31H30ClN5O3S/c32-24-13-11-23(12-14-24)29-33-26(30(38)34-27(31(39)40)21-41-20-22-7-3-1-4-8-22)19-28(35-29)37-17-15-36(16-18-37)25-9-5-2-6-10-25/h1-14,19,27H,15-18,20-21H2,(H,34,38)(H,39,40)/t27-/m0/s1. The normalized spacial score (nSPS) is 14.0. The van der Waals surface area contributed by atoms with E-state index in [1.807, 2.05) is 48.5 Å². The fourth-order valence-corrected chi connectivity index (χ4v) is 5.68. The van der Waals surface area contributed by atoms with Crippen LogP contribution in [0.15, 0.2) is 91.0 Å². The minimum atomic E-state index is -1.09. The van der Waals surface area contributed by atoms with Crippen LogP contribution in [-0.4, -0.2) is 64.9 Å². The number of piperazine rings is 1. The van der Waals surface area contributed by atoms with Crippen LogP contribution in [0.3, 0.4) is 0 Å². The summed E-state index contributed by atoms with van der Waals surface area (Å²) in [6, 6.07) is 27.7. The van der Waals surface area contributed by atoms with Crippen LogP contribution in [0.25, 0.3) is 11.4 Å². The zero-order valence-electron chi connectivity index (χ0n) is 22.3. The van der Waals surface area contributed by atoms with E-state index in [0.29, 0.717) is 41.1 Å². The largest absolute Gasteiger partial charge is 0.480 e. The lowest BCUT2D eigenvalue weighted by Crippen LogP contribution is -2.47. The van der Waals surface area contributed by atoms with Crippen LogP contribution in [0, 0.1) is 0 Å². The highest BCUT2D eigenvalue weighted by molar-refractivity contribution is 7.98. The summed E-state index contributed by atoms with van der Waals surface area (Å²) < 4.78 is 0. The van der Waals surface area contributed by atoms with Crippen LogP contribution in [0.4, 0.5) is 11.5 Å². The summed E-state index contributed by atoms with van der Waals surface area (Å²) >= 11 is 7.54. The molecule has 8 nitrogen and oxygen atoms in total. The number of hydrogen-bond acceptors (Lipinski definition) is 7. The van der Waals surface area contributed by atoms with E-state index in [2.05, 4.69) is 32.2 Å². The molecule has 1 aliphatic heterocycles. The number of aliphatic carboxylic acids is 1. The maximum Gasteiger partial charge on any atom is 0.327 e. The first-order chi connectivity index (χ1) is 20.0. The minimum Gasteiger partial charge on any atom is -0.480 e. The van der Waals surface area contributed by atoms with Crippen molar-refractivity contribution in [3.05, 3.63) is 107 Å². The molecule has 0 aliphatic carbocycles. The summed E-state index contributed by atoms with van der Waals surface area (Å²) in [5.74, 6) is 0.212. The second-order valence-electron chi connectivity index (χ2n) is 9.62. The number of amides is 1. The second kappa shape index (κ2) is 13.5. The lowest BCUT2D eigenvalue weighted by molar-refractivity contribution is -0.138. The van der Waals surface area contributed by atoms with Crippen molar-refractivity contribution in [2.24, 2.45) is 0 Å². The molecule has 1 aromatic heterocycles. The molecule has 0 radical (unpaired) electrons. The van der Waals surface area contributed by atoms with Crippen molar-refractivity contribution in [2.45, 2.75) is 11.8 Å². The Morgan fingerprint density at radius 3 is 2.17 bits per heavy atom. The number of nitrogens with one attached hydrogen (secondary N) is 1. The fraction of sp³-hybridized carbons (Fsp3) is 0.226. The van der Waals surface area contributed by atoms with E-state index in [0.717, 1.165) is 18.7 Å². The third-order valence-electron chi connectivity index (χ3n) is 6.77. The third kappa shape index (κ3) is 7.56. The van der Waals surface area contributed by atoms with Gasteiger partial charge in [-0.15, -0.1) is 0 Å². The highest BCUT2D eigenvalue weighted by Crippen LogP contribution is 2.24. The van der Waals surface area contributed by atoms with E-state index in [9.17, 15) is 14.7 Å². The van der Waals surface area contributed by atoms with Crippen LogP contribution in [0.2, 0.25) is 5.02 Å². The number of carbonyl (C=O) groups is 2. The molecule has 1 atom stereocenters. The van der Waals surface area contributed by atoms with Gasteiger partial charge in [0, 0.05) is 60.0 Å². The number of halogens is 1. The van der Waals surface area contributed by atoms with E-state index < -0.39 is 17.9 Å². The molecule has 2 N–H and O–H groups in total. The average molecular weight is 588 g/mol. The number of para-hydroxylation sites is 1. The van der Waals surface area contributed by atoms with Gasteiger partial charge in [0.1, 0.15) is 17.6 Å². The molecule has 3 aromatic carbocycles. The van der Waals surface area contributed by atoms with Gasteiger partial charge in [-0.05, 0) is 42.0 Å². The Bertz CT molecular complexity index is 1470. The van der Waals surface area contributed by atoms with Crippen LogP contribution in [0.5, 0.6) is 0 Å². The Labute approximate surface area is 248 Å². The van der Waals surface area contributed by atoms with Gasteiger partial charge in [0.15, 0.2) is 5.82 Å². The van der Waals surface area contributed by atoms with Crippen LogP contribution in [-0.2, 0) is 10.5 Å². The van der Waals surface area contributed by atoms with Crippen molar-refractivity contribution < 1.29 is 14.7 Å². The maximum atomic E-state index is 13.4. The van der Waals surface area contributed by atoms with E-state index in [1.54, 1.807) is 30.3 Å². The number of carboxylic acid groups (broad SMARTS) is 1. The number of anilines is 2. The second-order valence-corrected chi connectivity index (χ2v) is 11.1. The Morgan fingerprint density at radius 2 is 1.51 bits per heavy atom. The molecule has 1 aliphatic rings. The summed E-state index contributed by atoms with van der Waals surface area (Å²) in [5, 5.41) is 13.1. The van der Waals surface area contributed by atoms with E-state index in [1.165, 1.54) is 17.4 Å². The highest BCUT2D eigenvalue weighted by Gasteiger charge is 2.25. The van der Waals surface area contributed by atoms with Gasteiger partial charge in [0.25, 0.3) is 5.91 Å². The molecule has 210 valence electrons. The van der Waals surface area contributed by atoms with Crippen LogP contribution >= 0.6 is 23.4 Å². The Hall–Kier alpha value is -4.08. The SMILES string of the molecule is O=C(N[C@@H](CSCc1ccccc1)C(=O)O)c1cc(N2CCN(c3ccccc3)CC2)nc(-c2ccc(Cl)cc2)n1. The van der Waals surface area contributed by atoms with Crippen molar-refractivity contribution in [1.29, 1.82) is 0 Å². The summed E-state index contributed by atoms with van der Waals surface area (Å²) in [6.45, 7) is 3.01. The molecule has 0 saturated carbocycles. The molecule has 10 heteroatoms. The molecular formula is C31H30ClN5O3S. The fourth-order valence-electron chi connectivity index (χ4n) is 4.55. The maximum absolute atomic E-state index is 13.4. The van der Waals surface area contributed by atoms with Crippen LogP contribution < -0.4 is 15.1 Å². The summed E-state index contributed by atoms with van der Waals surface area (Å²) in [5.41, 5.74) is 3.08. The highest BCUT2D eigenvalue weighted by atomic mass is 35.5. The average Bonchev–Trinajstić information content (AvgIpc) is 3.01. The van der Waals surface area contributed by atoms with Gasteiger partial charge in [-0.2, -0.15) is 11.8 Å². The number of carbonyl (C=O) groups excluding carboxylic acids is 1. The Morgan fingerprint density at radius 1 is 0.878 bits per heavy atom. The predicted molar refractivity (Wildman–Crippen MR) is 165 cm³/mol. The van der Waals surface area contributed by atoms with Gasteiger partial charge in [-0.3, -0.25) is 4.79 Å². The molecule has 2 heterocycles.